The van der Waals surface area contributed by atoms with Crippen molar-refractivity contribution in [1.29, 1.82) is 5.26 Å². The first-order valence-corrected chi connectivity index (χ1v) is 6.55. The monoisotopic (exact) mass is 250 g/mol. The van der Waals surface area contributed by atoms with Crippen LogP contribution in [-0.2, 0) is 0 Å². The normalized spacial score (nSPS) is 10.0. The van der Waals surface area contributed by atoms with Gasteiger partial charge in [0.1, 0.15) is 6.07 Å². The second-order valence-electron chi connectivity index (χ2n) is 4.12. The molecule has 0 radical (unpaired) electrons. The van der Waals surface area contributed by atoms with E-state index in [-0.39, 0.29) is 0 Å². The summed E-state index contributed by atoms with van der Waals surface area (Å²) in [7, 11) is 0. The largest absolute Gasteiger partial charge is 0.372 e. The van der Waals surface area contributed by atoms with E-state index in [0.29, 0.717) is 10.6 Å². The molecule has 2 nitrogen and oxygen atoms in total. The van der Waals surface area contributed by atoms with Gasteiger partial charge in [-0.05, 0) is 31.0 Å². The highest BCUT2D eigenvalue weighted by Crippen LogP contribution is 2.23. The van der Waals surface area contributed by atoms with Crippen molar-refractivity contribution in [2.45, 2.75) is 33.1 Å². The number of hydrogen-bond donors (Lipinski definition) is 0. The van der Waals surface area contributed by atoms with Crippen molar-refractivity contribution in [2.75, 3.05) is 18.0 Å². The fraction of sp³-hybridized carbons (Fsp3) is 0.500. The first kappa shape index (κ1) is 13.9. The minimum absolute atomic E-state index is 0.544. The molecule has 0 aliphatic rings. The Morgan fingerprint density at radius 2 is 2.00 bits per heavy atom. The fourth-order valence-corrected chi connectivity index (χ4v) is 2.00. The van der Waals surface area contributed by atoms with E-state index in [1.165, 1.54) is 12.8 Å². The van der Waals surface area contributed by atoms with E-state index < -0.39 is 0 Å². The van der Waals surface area contributed by atoms with Crippen molar-refractivity contribution in [3.63, 3.8) is 0 Å². The zero-order chi connectivity index (χ0) is 12.7. The van der Waals surface area contributed by atoms with Crippen molar-refractivity contribution < 1.29 is 0 Å². The number of nitrogens with zero attached hydrogens (tertiary/aromatic N) is 2. The summed E-state index contributed by atoms with van der Waals surface area (Å²) >= 11 is 6.06. The number of unbranched alkanes of at least 4 members (excludes halogenated alkanes) is 1. The third-order valence-corrected chi connectivity index (χ3v) is 3.03. The Morgan fingerprint density at radius 1 is 1.24 bits per heavy atom. The van der Waals surface area contributed by atoms with Crippen molar-refractivity contribution in [2.24, 2.45) is 0 Å². The third kappa shape index (κ3) is 3.94. The number of halogens is 1. The highest BCUT2D eigenvalue weighted by Gasteiger charge is 2.07. The number of hydrogen-bond acceptors (Lipinski definition) is 2. The van der Waals surface area contributed by atoms with Gasteiger partial charge in [0.25, 0.3) is 0 Å². The van der Waals surface area contributed by atoms with Crippen LogP contribution in [0.1, 0.15) is 38.7 Å². The summed E-state index contributed by atoms with van der Waals surface area (Å²) < 4.78 is 0. The van der Waals surface area contributed by atoms with Crippen LogP contribution in [0.3, 0.4) is 0 Å². The van der Waals surface area contributed by atoms with Crippen molar-refractivity contribution in [3.05, 3.63) is 28.8 Å². The van der Waals surface area contributed by atoms with Crippen LogP contribution in [0.25, 0.3) is 0 Å². The summed E-state index contributed by atoms with van der Waals surface area (Å²) in [6.45, 7) is 6.44. The molecular formula is C14H19ClN2. The molecule has 0 bridgehead atoms. The molecule has 1 aromatic rings. The van der Waals surface area contributed by atoms with Crippen LogP contribution < -0.4 is 4.90 Å². The number of rotatable bonds is 6. The molecule has 0 aliphatic heterocycles. The van der Waals surface area contributed by atoms with Crippen molar-refractivity contribution >= 4 is 17.3 Å². The van der Waals surface area contributed by atoms with Crippen LogP contribution in [0.15, 0.2) is 18.2 Å². The Morgan fingerprint density at radius 3 is 2.53 bits per heavy atom. The van der Waals surface area contributed by atoms with Gasteiger partial charge in [0, 0.05) is 18.8 Å². The molecular weight excluding hydrogens is 232 g/mol. The van der Waals surface area contributed by atoms with Gasteiger partial charge in [0.05, 0.1) is 10.6 Å². The SMILES string of the molecule is CCCCN(CCC)c1ccc(C#N)c(Cl)c1. The lowest BCUT2D eigenvalue weighted by Gasteiger charge is -2.24. The topological polar surface area (TPSA) is 27.0 Å². The Labute approximate surface area is 109 Å². The molecule has 0 saturated heterocycles. The molecule has 0 aliphatic carbocycles. The van der Waals surface area contributed by atoms with Gasteiger partial charge in [-0.1, -0.05) is 31.9 Å². The standard InChI is InChI=1S/C14H19ClN2/c1-3-5-9-17(8-4-2)13-7-6-12(11-16)14(15)10-13/h6-7,10H,3-5,8-9H2,1-2H3. The lowest BCUT2D eigenvalue weighted by molar-refractivity contribution is 0.704. The summed E-state index contributed by atoms with van der Waals surface area (Å²) in [4.78, 5) is 2.33. The van der Waals surface area contributed by atoms with Gasteiger partial charge in [0.15, 0.2) is 0 Å². The molecule has 0 atom stereocenters. The molecule has 0 unspecified atom stereocenters. The third-order valence-electron chi connectivity index (χ3n) is 2.71. The Balaban J connectivity index is 2.86. The van der Waals surface area contributed by atoms with E-state index in [2.05, 4.69) is 24.8 Å². The predicted octanol–water partition coefficient (Wildman–Crippen LogP) is 4.23. The zero-order valence-corrected chi connectivity index (χ0v) is 11.3. The molecule has 0 heterocycles. The number of anilines is 1. The lowest BCUT2D eigenvalue weighted by atomic mass is 10.2. The van der Waals surface area contributed by atoms with E-state index in [1.807, 2.05) is 12.1 Å². The maximum absolute atomic E-state index is 8.84. The second-order valence-corrected chi connectivity index (χ2v) is 4.52. The van der Waals surface area contributed by atoms with E-state index >= 15 is 0 Å². The average Bonchev–Trinajstić information content (AvgIpc) is 2.34. The fourth-order valence-electron chi connectivity index (χ4n) is 1.78. The van der Waals surface area contributed by atoms with Gasteiger partial charge >= 0.3 is 0 Å². The van der Waals surface area contributed by atoms with E-state index in [9.17, 15) is 0 Å². The summed E-state index contributed by atoms with van der Waals surface area (Å²) in [5, 5.41) is 9.39. The molecule has 3 heteroatoms. The zero-order valence-electron chi connectivity index (χ0n) is 10.5. The Bertz CT molecular complexity index is 396. The Hall–Kier alpha value is -1.20. The molecule has 0 spiro atoms. The van der Waals surface area contributed by atoms with Gasteiger partial charge in [-0.3, -0.25) is 0 Å². The second kappa shape index (κ2) is 7.19. The molecule has 92 valence electrons. The number of benzene rings is 1. The van der Waals surface area contributed by atoms with E-state index in [0.717, 1.165) is 25.2 Å². The number of nitriles is 1. The molecule has 17 heavy (non-hydrogen) atoms. The maximum Gasteiger partial charge on any atom is 0.101 e. The van der Waals surface area contributed by atoms with Gasteiger partial charge in [-0.25, -0.2) is 0 Å². The summed E-state index contributed by atoms with van der Waals surface area (Å²) in [5.41, 5.74) is 1.66. The average molecular weight is 251 g/mol. The van der Waals surface area contributed by atoms with Crippen molar-refractivity contribution in [3.8, 4) is 6.07 Å². The molecule has 0 saturated carbocycles. The van der Waals surface area contributed by atoms with Gasteiger partial charge in [0.2, 0.25) is 0 Å². The van der Waals surface area contributed by atoms with Crippen LogP contribution in [0, 0.1) is 11.3 Å². The highest BCUT2D eigenvalue weighted by atomic mass is 35.5. The van der Waals surface area contributed by atoms with Crippen LogP contribution in [-0.4, -0.2) is 13.1 Å². The molecule has 0 fully saturated rings. The van der Waals surface area contributed by atoms with Gasteiger partial charge < -0.3 is 4.90 Å². The van der Waals surface area contributed by atoms with Crippen molar-refractivity contribution in [1.82, 2.24) is 0 Å². The minimum Gasteiger partial charge on any atom is -0.372 e. The van der Waals surface area contributed by atoms with Gasteiger partial charge in [-0.15, -0.1) is 0 Å². The molecule has 0 aromatic heterocycles. The Kier molecular flexibility index (Phi) is 5.86. The molecule has 1 aromatic carbocycles. The smallest absolute Gasteiger partial charge is 0.101 e. The summed E-state index contributed by atoms with van der Waals surface area (Å²) in [6, 6.07) is 7.76. The van der Waals surface area contributed by atoms with Crippen LogP contribution in [0.5, 0.6) is 0 Å². The van der Waals surface area contributed by atoms with E-state index in [1.54, 1.807) is 6.07 Å². The van der Waals surface area contributed by atoms with Crippen LogP contribution in [0.2, 0.25) is 5.02 Å². The first-order chi connectivity index (χ1) is 8.22. The quantitative estimate of drug-likeness (QED) is 0.756. The molecule has 0 amide bonds. The summed E-state index contributed by atoms with van der Waals surface area (Å²) in [5.74, 6) is 0. The molecule has 1 rings (SSSR count). The predicted molar refractivity (Wildman–Crippen MR) is 73.6 cm³/mol. The summed E-state index contributed by atoms with van der Waals surface area (Å²) in [6.07, 6.45) is 3.48. The maximum atomic E-state index is 8.84. The molecule has 0 N–H and O–H groups in total. The van der Waals surface area contributed by atoms with Crippen LogP contribution in [0.4, 0.5) is 5.69 Å². The van der Waals surface area contributed by atoms with Crippen LogP contribution >= 0.6 is 11.6 Å². The minimum atomic E-state index is 0.544. The van der Waals surface area contributed by atoms with Gasteiger partial charge in [-0.2, -0.15) is 5.26 Å². The lowest BCUT2D eigenvalue weighted by Crippen LogP contribution is -2.25. The highest BCUT2D eigenvalue weighted by molar-refractivity contribution is 6.32. The first-order valence-electron chi connectivity index (χ1n) is 6.17. The van der Waals surface area contributed by atoms with E-state index in [4.69, 9.17) is 16.9 Å².